The molecule has 1 heterocycles. The highest BCUT2D eigenvalue weighted by Crippen LogP contribution is 2.36. The van der Waals surface area contributed by atoms with Gasteiger partial charge in [0.15, 0.2) is 4.21 Å². The molecule has 84 valence electrons. The minimum Gasteiger partial charge on any atom is -0.394 e. The Morgan fingerprint density at radius 1 is 1.67 bits per heavy atom. The lowest BCUT2D eigenvalue weighted by atomic mass is 10.3. The van der Waals surface area contributed by atoms with Gasteiger partial charge >= 0.3 is 0 Å². The van der Waals surface area contributed by atoms with Crippen LogP contribution in [0.2, 0.25) is 0 Å². The third-order valence-electron chi connectivity index (χ3n) is 2.37. The largest absolute Gasteiger partial charge is 0.394 e. The van der Waals surface area contributed by atoms with Gasteiger partial charge in [0, 0.05) is 0 Å². The maximum atomic E-state index is 11.8. The molecule has 1 saturated carbocycles. The van der Waals surface area contributed by atoms with Crippen LogP contribution in [-0.2, 0) is 10.0 Å². The summed E-state index contributed by atoms with van der Waals surface area (Å²) < 4.78 is 26.3. The summed E-state index contributed by atoms with van der Waals surface area (Å²) in [4.78, 5) is 3.90. The Morgan fingerprint density at radius 3 is 2.73 bits per heavy atom. The molecular weight excluding hydrogens is 236 g/mol. The molecule has 0 bridgehead atoms. The van der Waals surface area contributed by atoms with E-state index in [1.165, 1.54) is 6.20 Å². The number of nitrogens with one attached hydrogen (secondary N) is 1. The van der Waals surface area contributed by atoms with Gasteiger partial charge in [-0.1, -0.05) is 0 Å². The van der Waals surface area contributed by atoms with E-state index in [1.54, 1.807) is 6.92 Å². The standard InChI is InChI=1S/C8H12N2O3S2/c1-6-9-4-7(14-6)15(12,13)10-8(5-11)2-3-8/h4,10-11H,2-3,5H2,1H3. The molecule has 0 amide bonds. The van der Waals surface area contributed by atoms with Crippen molar-refractivity contribution in [2.75, 3.05) is 6.61 Å². The first-order valence-corrected chi connectivity index (χ1v) is 6.85. The van der Waals surface area contributed by atoms with E-state index in [9.17, 15) is 8.42 Å². The van der Waals surface area contributed by atoms with Crippen LogP contribution in [-0.4, -0.2) is 30.7 Å². The number of hydrogen-bond acceptors (Lipinski definition) is 5. The topological polar surface area (TPSA) is 79.3 Å². The van der Waals surface area contributed by atoms with Gasteiger partial charge in [-0.25, -0.2) is 18.1 Å². The van der Waals surface area contributed by atoms with Gasteiger partial charge in [0.1, 0.15) is 0 Å². The fourth-order valence-corrected chi connectivity index (χ4v) is 3.80. The molecule has 2 N–H and O–H groups in total. The summed E-state index contributed by atoms with van der Waals surface area (Å²) in [5, 5.41) is 9.75. The predicted molar refractivity (Wildman–Crippen MR) is 56.2 cm³/mol. The Labute approximate surface area is 92.2 Å². The van der Waals surface area contributed by atoms with Gasteiger partial charge in [-0.15, -0.1) is 11.3 Å². The van der Waals surface area contributed by atoms with E-state index in [4.69, 9.17) is 5.11 Å². The third kappa shape index (κ3) is 2.20. The summed E-state index contributed by atoms with van der Waals surface area (Å²) in [7, 11) is -3.50. The third-order valence-corrected chi connectivity index (χ3v) is 5.32. The lowest BCUT2D eigenvalue weighted by Gasteiger charge is -2.12. The highest BCUT2D eigenvalue weighted by atomic mass is 32.2. The van der Waals surface area contributed by atoms with E-state index in [-0.39, 0.29) is 10.8 Å². The van der Waals surface area contributed by atoms with E-state index >= 15 is 0 Å². The van der Waals surface area contributed by atoms with Crippen LogP contribution in [0.1, 0.15) is 17.8 Å². The lowest BCUT2D eigenvalue weighted by Crippen LogP contribution is -2.39. The quantitative estimate of drug-likeness (QED) is 0.801. The molecule has 1 aliphatic rings. The molecule has 7 heteroatoms. The fourth-order valence-electron chi connectivity index (χ4n) is 1.24. The van der Waals surface area contributed by atoms with Crippen LogP contribution in [0.3, 0.4) is 0 Å². The number of sulfonamides is 1. The van der Waals surface area contributed by atoms with Crippen LogP contribution in [0.15, 0.2) is 10.4 Å². The van der Waals surface area contributed by atoms with Gasteiger partial charge in [0.25, 0.3) is 10.0 Å². The molecule has 0 atom stereocenters. The number of nitrogens with zero attached hydrogens (tertiary/aromatic N) is 1. The SMILES string of the molecule is Cc1ncc(S(=O)(=O)NC2(CO)CC2)s1. The van der Waals surface area contributed by atoms with Crippen molar-refractivity contribution in [1.82, 2.24) is 9.71 Å². The van der Waals surface area contributed by atoms with E-state index in [1.807, 2.05) is 0 Å². The van der Waals surface area contributed by atoms with Gasteiger partial charge in [-0.2, -0.15) is 0 Å². The molecule has 2 rings (SSSR count). The monoisotopic (exact) mass is 248 g/mol. The molecule has 1 fully saturated rings. The van der Waals surface area contributed by atoms with Gasteiger partial charge < -0.3 is 5.11 Å². The molecule has 5 nitrogen and oxygen atoms in total. The summed E-state index contributed by atoms with van der Waals surface area (Å²) >= 11 is 1.13. The average molecular weight is 248 g/mol. The molecule has 1 aromatic heterocycles. The zero-order valence-electron chi connectivity index (χ0n) is 8.23. The van der Waals surface area contributed by atoms with E-state index < -0.39 is 15.6 Å². The molecule has 0 spiro atoms. The summed E-state index contributed by atoms with van der Waals surface area (Å²) in [6, 6.07) is 0. The molecule has 1 aromatic rings. The number of thiazole rings is 1. The number of aliphatic hydroxyl groups excluding tert-OH is 1. The van der Waals surface area contributed by atoms with Crippen LogP contribution < -0.4 is 4.72 Å². The summed E-state index contributed by atoms with van der Waals surface area (Å²) in [6.45, 7) is 1.60. The summed E-state index contributed by atoms with van der Waals surface area (Å²) in [5.74, 6) is 0. The van der Waals surface area contributed by atoms with Crippen LogP contribution >= 0.6 is 11.3 Å². The minimum atomic E-state index is -3.50. The van der Waals surface area contributed by atoms with Crippen molar-refractivity contribution in [2.24, 2.45) is 0 Å². The first-order chi connectivity index (χ1) is 6.97. The number of aryl methyl sites for hydroxylation is 1. The molecular formula is C8H12N2O3S2. The molecule has 15 heavy (non-hydrogen) atoms. The fraction of sp³-hybridized carbons (Fsp3) is 0.625. The van der Waals surface area contributed by atoms with Gasteiger partial charge in [-0.3, -0.25) is 0 Å². The second-order valence-electron chi connectivity index (χ2n) is 3.74. The molecule has 0 radical (unpaired) electrons. The molecule has 0 aromatic carbocycles. The van der Waals surface area contributed by atoms with Crippen molar-refractivity contribution in [1.29, 1.82) is 0 Å². The number of rotatable bonds is 4. The molecule has 0 saturated heterocycles. The maximum absolute atomic E-state index is 11.8. The predicted octanol–water partition coefficient (Wildman–Crippen LogP) is 0.255. The Hall–Kier alpha value is -0.500. The van der Waals surface area contributed by atoms with Crippen LogP contribution in [0.4, 0.5) is 0 Å². The zero-order valence-corrected chi connectivity index (χ0v) is 9.86. The Balaban J connectivity index is 2.21. The van der Waals surface area contributed by atoms with Crippen molar-refractivity contribution in [3.8, 4) is 0 Å². The molecule has 1 aliphatic carbocycles. The minimum absolute atomic E-state index is 0.149. The first-order valence-electron chi connectivity index (χ1n) is 4.55. The highest BCUT2D eigenvalue weighted by Gasteiger charge is 2.45. The first kappa shape index (κ1) is 11.0. The number of aromatic nitrogens is 1. The molecule has 0 aliphatic heterocycles. The van der Waals surface area contributed by atoms with Gasteiger partial charge in [0.05, 0.1) is 23.4 Å². The normalized spacial score (nSPS) is 19.1. The average Bonchev–Trinajstić information content (AvgIpc) is 2.78. The summed E-state index contributed by atoms with van der Waals surface area (Å²) in [5.41, 5.74) is -0.614. The van der Waals surface area contributed by atoms with Crippen LogP contribution in [0, 0.1) is 6.92 Å². The van der Waals surface area contributed by atoms with E-state index in [0.29, 0.717) is 17.8 Å². The Bertz CT molecular complexity index is 462. The highest BCUT2D eigenvalue weighted by molar-refractivity contribution is 7.91. The van der Waals surface area contributed by atoms with E-state index in [0.717, 1.165) is 11.3 Å². The second kappa shape index (κ2) is 3.51. The smallest absolute Gasteiger partial charge is 0.252 e. The lowest BCUT2D eigenvalue weighted by molar-refractivity contribution is 0.246. The zero-order chi connectivity index (χ0) is 11.1. The van der Waals surface area contributed by atoms with Crippen molar-refractivity contribution in [2.45, 2.75) is 29.5 Å². The van der Waals surface area contributed by atoms with Crippen molar-refractivity contribution >= 4 is 21.4 Å². The number of aliphatic hydroxyl groups is 1. The van der Waals surface area contributed by atoms with Crippen molar-refractivity contribution < 1.29 is 13.5 Å². The Morgan fingerprint density at radius 2 is 2.33 bits per heavy atom. The van der Waals surface area contributed by atoms with Gasteiger partial charge in [0.2, 0.25) is 0 Å². The van der Waals surface area contributed by atoms with Crippen molar-refractivity contribution in [3.63, 3.8) is 0 Å². The number of hydrogen-bond donors (Lipinski definition) is 2. The van der Waals surface area contributed by atoms with Crippen LogP contribution in [0.5, 0.6) is 0 Å². The maximum Gasteiger partial charge on any atom is 0.252 e. The van der Waals surface area contributed by atoms with E-state index in [2.05, 4.69) is 9.71 Å². The van der Waals surface area contributed by atoms with Crippen LogP contribution in [0.25, 0.3) is 0 Å². The Kier molecular flexibility index (Phi) is 2.58. The second-order valence-corrected chi connectivity index (χ2v) is 6.89. The van der Waals surface area contributed by atoms with Crippen molar-refractivity contribution in [3.05, 3.63) is 11.2 Å². The summed E-state index contributed by atoms with van der Waals surface area (Å²) in [6.07, 6.45) is 2.73. The van der Waals surface area contributed by atoms with Gasteiger partial charge in [-0.05, 0) is 19.8 Å². The molecule has 0 unspecified atom stereocenters.